The molecular weight excluding hydrogens is 367 g/mol. The highest BCUT2D eigenvalue weighted by Crippen LogP contribution is 2.32. The Morgan fingerprint density at radius 2 is 1.96 bits per heavy atom. The Bertz CT molecular complexity index is 997. The maximum Gasteiger partial charge on any atom is 0.417 e. The molecule has 0 aliphatic rings. The number of phenolic OH excluding ortho intramolecular Hbond substituents is 1. The number of alkyl halides is 3. The minimum Gasteiger partial charge on any atom is -0.508 e. The Morgan fingerprint density at radius 1 is 1.19 bits per heavy atom. The van der Waals surface area contributed by atoms with Crippen molar-refractivity contribution in [1.82, 2.24) is 4.98 Å². The van der Waals surface area contributed by atoms with Gasteiger partial charge in [0, 0.05) is 29.5 Å². The summed E-state index contributed by atoms with van der Waals surface area (Å²) in [4.78, 5) is 15.6. The van der Waals surface area contributed by atoms with Crippen LogP contribution in [0.15, 0.2) is 50.8 Å². The third-order valence-electron chi connectivity index (χ3n) is 3.85. The molecule has 0 amide bonds. The first-order valence-corrected chi connectivity index (χ1v) is 8.71. The number of rotatable bonds is 4. The van der Waals surface area contributed by atoms with E-state index in [9.17, 15) is 23.1 Å². The summed E-state index contributed by atoms with van der Waals surface area (Å²) in [5.74, 6) is 0.381. The molecule has 0 spiro atoms. The van der Waals surface area contributed by atoms with Crippen LogP contribution in [0.1, 0.15) is 23.6 Å². The Hall–Kier alpha value is -2.48. The van der Waals surface area contributed by atoms with Gasteiger partial charge in [-0.2, -0.15) is 13.2 Å². The molecule has 136 valence electrons. The summed E-state index contributed by atoms with van der Waals surface area (Å²) in [6.45, 7) is 1.89. The number of hydrogen-bond acceptors (Lipinski definition) is 5. The highest BCUT2D eigenvalue weighted by molar-refractivity contribution is 7.98. The van der Waals surface area contributed by atoms with E-state index in [1.807, 2.05) is 6.92 Å². The lowest BCUT2D eigenvalue weighted by atomic mass is 10.1. The van der Waals surface area contributed by atoms with Gasteiger partial charge < -0.3 is 9.52 Å². The normalized spacial score (nSPS) is 11.8. The van der Waals surface area contributed by atoms with Gasteiger partial charge in [0.2, 0.25) is 0 Å². The fourth-order valence-electron chi connectivity index (χ4n) is 2.49. The molecule has 0 unspecified atom stereocenters. The van der Waals surface area contributed by atoms with Gasteiger partial charge in [0.05, 0.1) is 10.6 Å². The first-order chi connectivity index (χ1) is 12.3. The zero-order chi connectivity index (χ0) is 18.9. The number of aromatic nitrogens is 1. The molecule has 2 aromatic heterocycles. The Labute approximate surface area is 150 Å². The van der Waals surface area contributed by atoms with E-state index in [0.29, 0.717) is 33.7 Å². The third kappa shape index (κ3) is 3.85. The molecule has 1 aromatic carbocycles. The Balaban J connectivity index is 1.90. The molecule has 1 N–H and O–H groups in total. The molecule has 0 saturated carbocycles. The number of nitrogens with zero attached hydrogens (tertiary/aromatic N) is 1. The number of aromatic hydroxyl groups is 1. The lowest BCUT2D eigenvalue weighted by Crippen LogP contribution is -2.05. The third-order valence-corrected chi connectivity index (χ3v) is 4.84. The second-order valence-corrected chi connectivity index (χ2v) is 6.59. The van der Waals surface area contributed by atoms with Gasteiger partial charge in [-0.3, -0.25) is 0 Å². The van der Waals surface area contributed by atoms with Crippen molar-refractivity contribution in [3.8, 4) is 5.75 Å². The van der Waals surface area contributed by atoms with Crippen molar-refractivity contribution < 1.29 is 22.7 Å². The fourth-order valence-corrected chi connectivity index (χ4v) is 3.33. The number of hydrogen-bond donors (Lipinski definition) is 1. The van der Waals surface area contributed by atoms with Crippen molar-refractivity contribution in [3.63, 3.8) is 0 Å². The molecule has 0 radical (unpaired) electrons. The molecule has 0 fully saturated rings. The van der Waals surface area contributed by atoms with Crippen LogP contribution < -0.4 is 5.63 Å². The zero-order valence-electron chi connectivity index (χ0n) is 13.6. The summed E-state index contributed by atoms with van der Waals surface area (Å²) < 4.78 is 42.9. The minimum absolute atomic E-state index is 0.0531. The standard InChI is InChI=1S/C18H14F3NO3S/c1-2-10-5-13-11(6-17(24)25-15(13)7-14(10)23)9-26-16-4-3-12(8-22-16)18(19,20)21/h3-8,23H,2,9H2,1H3. The molecule has 0 aliphatic heterocycles. The molecule has 3 rings (SSSR count). The van der Waals surface area contributed by atoms with Gasteiger partial charge in [-0.15, -0.1) is 11.8 Å². The monoisotopic (exact) mass is 381 g/mol. The lowest BCUT2D eigenvalue weighted by Gasteiger charge is -2.09. The van der Waals surface area contributed by atoms with Crippen molar-refractivity contribution in [2.75, 3.05) is 0 Å². The first kappa shape index (κ1) is 18.3. The van der Waals surface area contributed by atoms with E-state index in [1.54, 1.807) is 6.07 Å². The number of halogens is 3. The lowest BCUT2D eigenvalue weighted by molar-refractivity contribution is -0.137. The largest absolute Gasteiger partial charge is 0.508 e. The number of phenols is 1. The van der Waals surface area contributed by atoms with Crippen molar-refractivity contribution in [3.05, 3.63) is 63.6 Å². The quantitative estimate of drug-likeness (QED) is 0.521. The molecule has 4 nitrogen and oxygen atoms in total. The smallest absolute Gasteiger partial charge is 0.417 e. The van der Waals surface area contributed by atoms with Crippen LogP contribution in [0.25, 0.3) is 11.0 Å². The van der Waals surface area contributed by atoms with Crippen LogP contribution in [0.5, 0.6) is 5.75 Å². The van der Waals surface area contributed by atoms with Crippen molar-refractivity contribution in [1.29, 1.82) is 0 Å². The topological polar surface area (TPSA) is 63.3 Å². The predicted molar refractivity (Wildman–Crippen MR) is 92.3 cm³/mol. The van der Waals surface area contributed by atoms with Gasteiger partial charge in [0.1, 0.15) is 11.3 Å². The van der Waals surface area contributed by atoms with E-state index in [0.717, 1.165) is 12.3 Å². The minimum atomic E-state index is -4.43. The molecule has 0 bridgehead atoms. The number of benzene rings is 1. The Kier molecular flexibility index (Phi) is 4.95. The second kappa shape index (κ2) is 7.03. The summed E-state index contributed by atoms with van der Waals surface area (Å²) >= 11 is 1.21. The van der Waals surface area contributed by atoms with Gasteiger partial charge in [-0.1, -0.05) is 6.92 Å². The van der Waals surface area contributed by atoms with Gasteiger partial charge in [-0.05, 0) is 35.7 Å². The zero-order valence-corrected chi connectivity index (χ0v) is 14.4. The number of pyridine rings is 1. The predicted octanol–water partition coefficient (Wildman–Crippen LogP) is 4.77. The molecule has 26 heavy (non-hydrogen) atoms. The molecule has 0 atom stereocenters. The number of thioether (sulfide) groups is 1. The van der Waals surface area contributed by atoms with E-state index >= 15 is 0 Å². The molecule has 0 aliphatic carbocycles. The first-order valence-electron chi connectivity index (χ1n) is 7.72. The molecule has 3 aromatic rings. The Morgan fingerprint density at radius 3 is 2.58 bits per heavy atom. The second-order valence-electron chi connectivity index (χ2n) is 5.59. The molecular formula is C18H14F3NO3S. The van der Waals surface area contributed by atoms with Crippen LogP contribution >= 0.6 is 11.8 Å². The maximum atomic E-state index is 12.6. The summed E-state index contributed by atoms with van der Waals surface area (Å²) in [6, 6.07) is 6.77. The van der Waals surface area contributed by atoms with E-state index in [2.05, 4.69) is 4.98 Å². The highest BCUT2D eigenvalue weighted by atomic mass is 32.2. The van der Waals surface area contributed by atoms with E-state index in [4.69, 9.17) is 4.42 Å². The van der Waals surface area contributed by atoms with Gasteiger partial charge in [-0.25, -0.2) is 9.78 Å². The van der Waals surface area contributed by atoms with Gasteiger partial charge in [0.15, 0.2) is 0 Å². The SMILES string of the molecule is CCc1cc2c(CSc3ccc(C(F)(F)F)cn3)cc(=O)oc2cc1O. The van der Waals surface area contributed by atoms with Gasteiger partial charge in [0.25, 0.3) is 0 Å². The van der Waals surface area contributed by atoms with Crippen LogP contribution in [0.2, 0.25) is 0 Å². The summed E-state index contributed by atoms with van der Waals surface area (Å²) in [6.07, 6.45) is -3.04. The summed E-state index contributed by atoms with van der Waals surface area (Å²) in [5, 5.41) is 11.0. The van der Waals surface area contributed by atoms with Crippen molar-refractivity contribution in [2.24, 2.45) is 0 Å². The fraction of sp³-hybridized carbons (Fsp3) is 0.222. The van der Waals surface area contributed by atoms with Crippen molar-refractivity contribution in [2.45, 2.75) is 30.3 Å². The van der Waals surface area contributed by atoms with Crippen LogP contribution in [0.3, 0.4) is 0 Å². The number of aryl methyl sites for hydroxylation is 1. The van der Waals surface area contributed by atoms with E-state index in [1.165, 1.54) is 30.0 Å². The van der Waals surface area contributed by atoms with Crippen LogP contribution in [0, 0.1) is 0 Å². The van der Waals surface area contributed by atoms with Crippen LogP contribution in [-0.2, 0) is 18.3 Å². The molecule has 0 saturated heterocycles. The maximum absolute atomic E-state index is 12.6. The highest BCUT2D eigenvalue weighted by Gasteiger charge is 2.30. The average Bonchev–Trinajstić information content (AvgIpc) is 2.58. The van der Waals surface area contributed by atoms with Gasteiger partial charge >= 0.3 is 11.8 Å². The van der Waals surface area contributed by atoms with E-state index in [-0.39, 0.29) is 11.3 Å². The van der Waals surface area contributed by atoms with E-state index < -0.39 is 17.4 Å². The molecule has 8 heteroatoms. The number of fused-ring (bicyclic) bond motifs is 1. The van der Waals surface area contributed by atoms with Crippen LogP contribution in [0.4, 0.5) is 13.2 Å². The average molecular weight is 381 g/mol. The van der Waals surface area contributed by atoms with Crippen LogP contribution in [-0.4, -0.2) is 10.1 Å². The molecule has 2 heterocycles. The van der Waals surface area contributed by atoms with Crippen molar-refractivity contribution >= 4 is 22.7 Å². The summed E-state index contributed by atoms with van der Waals surface area (Å²) in [5.41, 5.74) is 0.277. The summed E-state index contributed by atoms with van der Waals surface area (Å²) in [7, 11) is 0.